The van der Waals surface area contributed by atoms with Gasteiger partial charge in [-0.05, 0) is 0 Å². The molecule has 2 N–H and O–H groups in total. The molecule has 1 rings (SSSR count). The Balaban J connectivity index is 2.72. The Morgan fingerprint density at radius 1 is 1.20 bits per heavy atom. The van der Waals surface area contributed by atoms with Crippen LogP contribution < -0.4 is 0 Å². The Morgan fingerprint density at radius 3 is 2.20 bits per heavy atom. The lowest BCUT2D eigenvalue weighted by Crippen LogP contribution is -2.43. The summed E-state index contributed by atoms with van der Waals surface area (Å²) in [5, 5.41) is 18.6. The van der Waals surface area contributed by atoms with Gasteiger partial charge in [0, 0.05) is 21.3 Å². The molecule has 1 aliphatic heterocycles. The van der Waals surface area contributed by atoms with Gasteiger partial charge in [-0.15, -0.1) is 0 Å². The average molecular weight is 222 g/mol. The molecule has 1 heterocycles. The molecule has 15 heavy (non-hydrogen) atoms. The normalized spacial score (nSPS) is 38.2. The van der Waals surface area contributed by atoms with Crippen molar-refractivity contribution < 1.29 is 29.2 Å². The highest BCUT2D eigenvalue weighted by Gasteiger charge is 2.48. The van der Waals surface area contributed by atoms with Crippen molar-refractivity contribution in [2.75, 3.05) is 27.9 Å². The van der Waals surface area contributed by atoms with Crippen molar-refractivity contribution in [2.24, 2.45) is 0 Å². The van der Waals surface area contributed by atoms with Crippen molar-refractivity contribution >= 4 is 0 Å². The predicted octanol–water partition coefficient (Wildman–Crippen LogP) is -1.26. The minimum Gasteiger partial charge on any atom is -0.394 e. The van der Waals surface area contributed by atoms with Gasteiger partial charge < -0.3 is 29.2 Å². The summed E-state index contributed by atoms with van der Waals surface area (Å²) >= 11 is 0. The molecule has 6 heteroatoms. The minimum atomic E-state index is -1.06. The van der Waals surface area contributed by atoms with Gasteiger partial charge in [-0.1, -0.05) is 0 Å². The number of hydrogen-bond donors (Lipinski definition) is 2. The zero-order chi connectivity index (χ0) is 11.4. The summed E-state index contributed by atoms with van der Waals surface area (Å²) in [6.07, 6.45) is -3.16. The molecule has 0 saturated carbocycles. The SMILES string of the molecule is CO[C@H]1[C@@H]([C@@H](CO)OC)OC(O)[C@@H]1OC. The van der Waals surface area contributed by atoms with Crippen molar-refractivity contribution in [3.63, 3.8) is 0 Å². The third-order valence-corrected chi connectivity index (χ3v) is 2.62. The topological polar surface area (TPSA) is 77.4 Å². The number of methoxy groups -OCH3 is 3. The second kappa shape index (κ2) is 5.74. The number of rotatable bonds is 5. The monoisotopic (exact) mass is 222 g/mol. The zero-order valence-electron chi connectivity index (χ0n) is 9.12. The third kappa shape index (κ3) is 2.47. The summed E-state index contributed by atoms with van der Waals surface area (Å²) in [5.41, 5.74) is 0. The summed E-state index contributed by atoms with van der Waals surface area (Å²) in [4.78, 5) is 0. The summed E-state index contributed by atoms with van der Waals surface area (Å²) in [6, 6.07) is 0. The molecule has 1 saturated heterocycles. The second-order valence-corrected chi connectivity index (χ2v) is 3.35. The molecule has 0 aromatic carbocycles. The molecule has 0 aliphatic carbocycles. The number of aliphatic hydroxyl groups is 2. The Labute approximate surface area is 88.7 Å². The van der Waals surface area contributed by atoms with E-state index in [-0.39, 0.29) is 6.61 Å². The van der Waals surface area contributed by atoms with Gasteiger partial charge in [-0.2, -0.15) is 0 Å². The maximum Gasteiger partial charge on any atom is 0.184 e. The van der Waals surface area contributed by atoms with Crippen LogP contribution >= 0.6 is 0 Å². The summed E-state index contributed by atoms with van der Waals surface area (Å²) < 4.78 is 20.5. The lowest BCUT2D eigenvalue weighted by atomic mass is 10.1. The summed E-state index contributed by atoms with van der Waals surface area (Å²) in [5.74, 6) is 0. The molecule has 0 bridgehead atoms. The van der Waals surface area contributed by atoms with E-state index in [0.29, 0.717) is 0 Å². The molecule has 0 spiro atoms. The highest BCUT2D eigenvalue weighted by atomic mass is 16.7. The lowest BCUT2D eigenvalue weighted by molar-refractivity contribution is -0.159. The van der Waals surface area contributed by atoms with Crippen LogP contribution in [-0.4, -0.2) is 68.9 Å². The summed E-state index contributed by atoms with van der Waals surface area (Å²) in [7, 11) is 4.42. The van der Waals surface area contributed by atoms with E-state index in [2.05, 4.69) is 0 Å². The van der Waals surface area contributed by atoms with Crippen LogP contribution in [0, 0.1) is 0 Å². The van der Waals surface area contributed by atoms with Crippen molar-refractivity contribution in [3.8, 4) is 0 Å². The van der Waals surface area contributed by atoms with Crippen LogP contribution in [0.5, 0.6) is 0 Å². The number of hydrogen-bond acceptors (Lipinski definition) is 6. The second-order valence-electron chi connectivity index (χ2n) is 3.35. The summed E-state index contributed by atoms with van der Waals surface area (Å²) in [6.45, 7) is -0.204. The van der Waals surface area contributed by atoms with Crippen molar-refractivity contribution in [3.05, 3.63) is 0 Å². The fraction of sp³-hybridized carbons (Fsp3) is 1.00. The van der Waals surface area contributed by atoms with E-state index in [9.17, 15) is 5.11 Å². The predicted molar refractivity (Wildman–Crippen MR) is 50.4 cm³/mol. The molecule has 0 amide bonds. The fourth-order valence-corrected chi connectivity index (χ4v) is 1.80. The molecule has 6 nitrogen and oxygen atoms in total. The molecule has 0 aromatic heterocycles. The van der Waals surface area contributed by atoms with E-state index < -0.39 is 30.7 Å². The molecular weight excluding hydrogens is 204 g/mol. The molecule has 1 unspecified atom stereocenters. The van der Waals surface area contributed by atoms with Gasteiger partial charge >= 0.3 is 0 Å². The molecule has 90 valence electrons. The average Bonchev–Trinajstić information content (AvgIpc) is 2.56. The molecular formula is C9H18O6. The van der Waals surface area contributed by atoms with Crippen LogP contribution in [0.25, 0.3) is 0 Å². The van der Waals surface area contributed by atoms with E-state index in [1.165, 1.54) is 21.3 Å². The van der Waals surface area contributed by atoms with Crippen molar-refractivity contribution in [1.82, 2.24) is 0 Å². The van der Waals surface area contributed by atoms with Gasteiger partial charge in [-0.3, -0.25) is 0 Å². The maximum atomic E-state index is 9.54. The molecule has 0 radical (unpaired) electrons. The molecule has 1 fully saturated rings. The smallest absolute Gasteiger partial charge is 0.184 e. The van der Waals surface area contributed by atoms with Gasteiger partial charge in [0.2, 0.25) is 0 Å². The number of ether oxygens (including phenoxy) is 4. The van der Waals surface area contributed by atoms with E-state index in [4.69, 9.17) is 24.1 Å². The largest absolute Gasteiger partial charge is 0.394 e. The fourth-order valence-electron chi connectivity index (χ4n) is 1.80. The minimum absolute atomic E-state index is 0.204. The molecule has 1 aliphatic rings. The molecule has 5 atom stereocenters. The first-order valence-corrected chi connectivity index (χ1v) is 4.72. The van der Waals surface area contributed by atoms with Crippen molar-refractivity contribution in [1.29, 1.82) is 0 Å². The lowest BCUT2D eigenvalue weighted by Gasteiger charge is -2.25. The number of aliphatic hydroxyl groups excluding tert-OH is 2. The molecule has 0 aromatic rings. The van der Waals surface area contributed by atoms with Crippen LogP contribution in [0.15, 0.2) is 0 Å². The van der Waals surface area contributed by atoms with Crippen LogP contribution in [0.3, 0.4) is 0 Å². The Morgan fingerprint density at radius 2 is 1.80 bits per heavy atom. The Bertz CT molecular complexity index is 183. The maximum absolute atomic E-state index is 9.54. The van der Waals surface area contributed by atoms with E-state index >= 15 is 0 Å². The van der Waals surface area contributed by atoms with E-state index in [1.807, 2.05) is 0 Å². The van der Waals surface area contributed by atoms with Gasteiger partial charge in [0.1, 0.15) is 24.4 Å². The highest BCUT2D eigenvalue weighted by Crippen LogP contribution is 2.27. The van der Waals surface area contributed by atoms with Gasteiger partial charge in [0.15, 0.2) is 6.29 Å². The standard InChI is InChI=1S/C9H18O6/c1-12-5(4-10)6-7(13-2)8(14-3)9(11)15-6/h5-11H,4H2,1-3H3/t5-,6-,7+,8-,9?/m1/s1. The van der Waals surface area contributed by atoms with Crippen LogP contribution in [0.4, 0.5) is 0 Å². The zero-order valence-corrected chi connectivity index (χ0v) is 9.12. The van der Waals surface area contributed by atoms with Crippen LogP contribution in [0.2, 0.25) is 0 Å². The first-order valence-electron chi connectivity index (χ1n) is 4.72. The van der Waals surface area contributed by atoms with Gasteiger partial charge in [0.05, 0.1) is 6.61 Å². The van der Waals surface area contributed by atoms with Crippen LogP contribution in [-0.2, 0) is 18.9 Å². The van der Waals surface area contributed by atoms with Gasteiger partial charge in [-0.25, -0.2) is 0 Å². The van der Waals surface area contributed by atoms with E-state index in [1.54, 1.807) is 0 Å². The first-order chi connectivity index (χ1) is 7.19. The Kier molecular flexibility index (Phi) is 4.91. The first kappa shape index (κ1) is 12.8. The van der Waals surface area contributed by atoms with Gasteiger partial charge in [0.25, 0.3) is 0 Å². The van der Waals surface area contributed by atoms with Crippen LogP contribution in [0.1, 0.15) is 0 Å². The highest BCUT2D eigenvalue weighted by molar-refractivity contribution is 4.92. The van der Waals surface area contributed by atoms with E-state index in [0.717, 1.165) is 0 Å². The Hall–Kier alpha value is -0.240. The van der Waals surface area contributed by atoms with Crippen molar-refractivity contribution in [2.45, 2.75) is 30.7 Å². The third-order valence-electron chi connectivity index (χ3n) is 2.62. The quantitative estimate of drug-likeness (QED) is 0.604.